The summed E-state index contributed by atoms with van der Waals surface area (Å²) < 4.78 is 16.2. The van der Waals surface area contributed by atoms with Gasteiger partial charge in [0.25, 0.3) is 0 Å². The summed E-state index contributed by atoms with van der Waals surface area (Å²) in [5.41, 5.74) is 7.71. The highest BCUT2D eigenvalue weighted by Gasteiger charge is 2.01. The second-order valence-corrected chi connectivity index (χ2v) is 4.32. The Morgan fingerprint density at radius 2 is 1.70 bits per heavy atom. The zero-order chi connectivity index (χ0) is 14.2. The Labute approximate surface area is 119 Å². The van der Waals surface area contributed by atoms with Crippen LogP contribution in [-0.4, -0.2) is 13.9 Å². The topological polar surface area (TPSA) is 53.7 Å². The van der Waals surface area contributed by atoms with E-state index in [0.29, 0.717) is 18.9 Å². The molecular weight excluding hydrogens is 254 g/mol. The highest BCUT2D eigenvalue weighted by Crippen LogP contribution is 2.22. The lowest BCUT2D eigenvalue weighted by Gasteiger charge is -2.10. The van der Waals surface area contributed by atoms with Gasteiger partial charge in [0.05, 0.1) is 13.7 Å². The molecule has 0 aliphatic carbocycles. The van der Waals surface area contributed by atoms with Crippen molar-refractivity contribution in [2.75, 3.05) is 13.9 Å². The van der Waals surface area contributed by atoms with E-state index >= 15 is 0 Å². The summed E-state index contributed by atoms with van der Waals surface area (Å²) >= 11 is 0. The van der Waals surface area contributed by atoms with Gasteiger partial charge in [-0.25, -0.2) is 0 Å². The first-order valence-electron chi connectivity index (χ1n) is 6.44. The van der Waals surface area contributed by atoms with E-state index in [1.54, 1.807) is 7.11 Å². The smallest absolute Gasteiger partial charge is 0.189 e. The summed E-state index contributed by atoms with van der Waals surface area (Å²) in [7, 11) is 1.62. The fraction of sp³-hybridized carbons (Fsp3) is 0.250. The van der Waals surface area contributed by atoms with Gasteiger partial charge in [0.1, 0.15) is 11.5 Å². The van der Waals surface area contributed by atoms with E-state index in [-0.39, 0.29) is 6.79 Å². The molecule has 0 amide bonds. The number of rotatable bonds is 7. The lowest BCUT2D eigenvalue weighted by atomic mass is 10.2. The maximum absolute atomic E-state index is 5.63. The van der Waals surface area contributed by atoms with Crippen LogP contribution < -0.4 is 15.2 Å². The van der Waals surface area contributed by atoms with Crippen molar-refractivity contribution in [2.24, 2.45) is 5.73 Å². The summed E-state index contributed by atoms with van der Waals surface area (Å²) in [4.78, 5) is 0. The molecule has 0 aliphatic heterocycles. The van der Waals surface area contributed by atoms with E-state index < -0.39 is 0 Å². The maximum atomic E-state index is 5.63. The lowest BCUT2D eigenvalue weighted by Crippen LogP contribution is -2.04. The summed E-state index contributed by atoms with van der Waals surface area (Å²) in [6, 6.07) is 15.5. The Kier molecular flexibility index (Phi) is 5.41. The lowest BCUT2D eigenvalue weighted by molar-refractivity contribution is 0.00492. The number of ether oxygens (including phenoxy) is 3. The van der Waals surface area contributed by atoms with Gasteiger partial charge in [-0.3, -0.25) is 0 Å². The molecule has 0 radical (unpaired) electrons. The molecule has 2 aromatic rings. The van der Waals surface area contributed by atoms with Gasteiger partial charge in [-0.15, -0.1) is 0 Å². The van der Waals surface area contributed by atoms with Crippen molar-refractivity contribution in [2.45, 2.75) is 13.2 Å². The first-order chi connectivity index (χ1) is 9.81. The van der Waals surface area contributed by atoms with Crippen molar-refractivity contribution in [3.8, 4) is 11.5 Å². The minimum atomic E-state index is 0.187. The molecule has 0 saturated carbocycles. The van der Waals surface area contributed by atoms with Crippen LogP contribution in [0.3, 0.4) is 0 Å². The monoisotopic (exact) mass is 273 g/mol. The summed E-state index contributed by atoms with van der Waals surface area (Å²) in [6.07, 6.45) is 0. The van der Waals surface area contributed by atoms with Crippen LogP contribution in [0.25, 0.3) is 0 Å². The Hall–Kier alpha value is -2.04. The van der Waals surface area contributed by atoms with Crippen molar-refractivity contribution < 1.29 is 14.2 Å². The third-order valence-electron chi connectivity index (χ3n) is 2.83. The molecule has 20 heavy (non-hydrogen) atoms. The van der Waals surface area contributed by atoms with Crippen molar-refractivity contribution in [3.05, 3.63) is 59.7 Å². The number of nitrogens with two attached hydrogens (primary N) is 1. The van der Waals surface area contributed by atoms with Crippen molar-refractivity contribution in [1.82, 2.24) is 0 Å². The summed E-state index contributed by atoms with van der Waals surface area (Å²) in [6.45, 7) is 1.15. The van der Waals surface area contributed by atoms with Crippen molar-refractivity contribution in [1.29, 1.82) is 0 Å². The molecule has 106 valence electrons. The highest BCUT2D eigenvalue weighted by molar-refractivity contribution is 5.38. The predicted octanol–water partition coefficient (Wildman–Crippen LogP) is 2.71. The largest absolute Gasteiger partial charge is 0.497 e. The van der Waals surface area contributed by atoms with Gasteiger partial charge in [0.2, 0.25) is 0 Å². The molecular formula is C16H19NO3. The van der Waals surface area contributed by atoms with Gasteiger partial charge in [-0.05, 0) is 23.3 Å². The molecule has 0 aromatic heterocycles. The van der Waals surface area contributed by atoms with Gasteiger partial charge in [-0.1, -0.05) is 30.3 Å². The fourth-order valence-electron chi connectivity index (χ4n) is 1.79. The highest BCUT2D eigenvalue weighted by atomic mass is 16.7. The van der Waals surface area contributed by atoms with Crippen molar-refractivity contribution in [3.63, 3.8) is 0 Å². The van der Waals surface area contributed by atoms with Crippen molar-refractivity contribution >= 4 is 0 Å². The minimum absolute atomic E-state index is 0.187. The van der Waals surface area contributed by atoms with E-state index in [1.807, 2.05) is 48.5 Å². The Balaban J connectivity index is 1.84. The van der Waals surface area contributed by atoms with Gasteiger partial charge >= 0.3 is 0 Å². The number of benzene rings is 2. The van der Waals surface area contributed by atoms with Gasteiger partial charge in [0, 0.05) is 12.6 Å². The standard InChI is InChI=1S/C16H19NO3/c1-18-15-7-14(10-17)8-16(9-15)20-12-19-11-13-5-3-2-4-6-13/h2-9H,10-12,17H2,1H3. The van der Waals surface area contributed by atoms with Crippen LogP contribution >= 0.6 is 0 Å². The van der Waals surface area contributed by atoms with Crippen LogP contribution in [0.2, 0.25) is 0 Å². The summed E-state index contributed by atoms with van der Waals surface area (Å²) in [5, 5.41) is 0. The Bertz CT molecular complexity index is 506. The van der Waals surface area contributed by atoms with E-state index in [2.05, 4.69) is 0 Å². The molecule has 2 rings (SSSR count). The van der Waals surface area contributed by atoms with Gasteiger partial charge in [0.15, 0.2) is 6.79 Å². The van der Waals surface area contributed by atoms with E-state index in [1.165, 1.54) is 0 Å². The minimum Gasteiger partial charge on any atom is -0.497 e. The number of methoxy groups -OCH3 is 1. The van der Waals surface area contributed by atoms with Gasteiger partial charge in [-0.2, -0.15) is 0 Å². The third-order valence-corrected chi connectivity index (χ3v) is 2.83. The molecule has 4 heteroatoms. The summed E-state index contributed by atoms with van der Waals surface area (Å²) in [5.74, 6) is 1.42. The van der Waals surface area contributed by atoms with Crippen LogP contribution in [-0.2, 0) is 17.9 Å². The number of hydrogen-bond donors (Lipinski definition) is 1. The third kappa shape index (κ3) is 4.26. The molecule has 0 heterocycles. The molecule has 0 unspecified atom stereocenters. The van der Waals surface area contributed by atoms with Crippen LogP contribution in [0.5, 0.6) is 11.5 Å². The molecule has 2 N–H and O–H groups in total. The Morgan fingerprint density at radius 1 is 0.950 bits per heavy atom. The van der Waals surface area contributed by atoms with E-state index in [9.17, 15) is 0 Å². The zero-order valence-electron chi connectivity index (χ0n) is 11.5. The van der Waals surface area contributed by atoms with Gasteiger partial charge < -0.3 is 19.9 Å². The second-order valence-electron chi connectivity index (χ2n) is 4.32. The Morgan fingerprint density at radius 3 is 2.40 bits per heavy atom. The average molecular weight is 273 g/mol. The predicted molar refractivity (Wildman–Crippen MR) is 77.6 cm³/mol. The maximum Gasteiger partial charge on any atom is 0.189 e. The first kappa shape index (κ1) is 14.4. The molecule has 0 saturated heterocycles. The van der Waals surface area contributed by atoms with Crippen LogP contribution in [0.1, 0.15) is 11.1 Å². The van der Waals surface area contributed by atoms with Crippen LogP contribution in [0.15, 0.2) is 48.5 Å². The molecule has 0 fully saturated rings. The van der Waals surface area contributed by atoms with Crippen LogP contribution in [0.4, 0.5) is 0 Å². The molecule has 0 aliphatic rings. The SMILES string of the molecule is COc1cc(CN)cc(OCOCc2ccccc2)c1. The van der Waals surface area contributed by atoms with E-state index in [4.69, 9.17) is 19.9 Å². The van der Waals surface area contributed by atoms with Crippen LogP contribution in [0, 0.1) is 0 Å². The molecule has 2 aromatic carbocycles. The molecule has 0 spiro atoms. The molecule has 4 nitrogen and oxygen atoms in total. The average Bonchev–Trinajstić information content (AvgIpc) is 2.52. The fourth-order valence-corrected chi connectivity index (χ4v) is 1.79. The number of hydrogen-bond acceptors (Lipinski definition) is 4. The molecule has 0 bridgehead atoms. The van der Waals surface area contributed by atoms with E-state index in [0.717, 1.165) is 16.9 Å². The quantitative estimate of drug-likeness (QED) is 0.622. The first-order valence-corrected chi connectivity index (χ1v) is 6.44. The molecule has 0 atom stereocenters. The zero-order valence-corrected chi connectivity index (χ0v) is 11.5. The normalized spacial score (nSPS) is 10.3. The second kappa shape index (κ2) is 7.53.